The number of aromatic nitrogens is 2. The lowest BCUT2D eigenvalue weighted by molar-refractivity contribution is 0.386. The van der Waals surface area contributed by atoms with E-state index in [1.165, 1.54) is 5.69 Å². The highest BCUT2D eigenvalue weighted by atomic mass is 15.3. The summed E-state index contributed by atoms with van der Waals surface area (Å²) >= 11 is 0. The van der Waals surface area contributed by atoms with Gasteiger partial charge in [0, 0.05) is 12.7 Å². The summed E-state index contributed by atoms with van der Waals surface area (Å²) in [5.74, 6) is 6.36. The third-order valence-corrected chi connectivity index (χ3v) is 5.15. The molecule has 1 unspecified atom stereocenters. The Balaban J connectivity index is 2.28. The highest BCUT2D eigenvalue weighted by Gasteiger charge is 2.67. The minimum Gasteiger partial charge on any atom is -0.271 e. The van der Waals surface area contributed by atoms with Crippen LogP contribution in [0.3, 0.4) is 0 Å². The second-order valence-corrected chi connectivity index (χ2v) is 6.54. The van der Waals surface area contributed by atoms with Gasteiger partial charge in [0.05, 0.1) is 11.7 Å². The third kappa shape index (κ3) is 1.79. The highest BCUT2D eigenvalue weighted by Crippen LogP contribution is 2.72. The maximum atomic E-state index is 5.82. The van der Waals surface area contributed by atoms with E-state index in [4.69, 9.17) is 5.84 Å². The molecule has 2 rings (SSSR count). The molecule has 1 fully saturated rings. The van der Waals surface area contributed by atoms with Crippen molar-refractivity contribution in [1.29, 1.82) is 0 Å². The van der Waals surface area contributed by atoms with Gasteiger partial charge >= 0.3 is 0 Å². The summed E-state index contributed by atoms with van der Waals surface area (Å²) in [6.45, 7) is 12.4. The van der Waals surface area contributed by atoms with Gasteiger partial charge < -0.3 is 0 Å². The molecule has 0 bridgehead atoms. The van der Waals surface area contributed by atoms with Crippen LogP contribution in [0, 0.1) is 16.7 Å². The fourth-order valence-electron chi connectivity index (χ4n) is 3.44. The quantitative estimate of drug-likeness (QED) is 0.623. The van der Waals surface area contributed by atoms with E-state index in [0.29, 0.717) is 16.7 Å². The molecule has 102 valence electrons. The Kier molecular flexibility index (Phi) is 3.28. The average Bonchev–Trinajstić information content (AvgIpc) is 2.68. The van der Waals surface area contributed by atoms with E-state index < -0.39 is 0 Å². The molecule has 0 amide bonds. The molecule has 0 spiro atoms. The molecule has 0 radical (unpaired) electrons. The Bertz CT molecular complexity index is 405. The molecule has 1 atom stereocenters. The van der Waals surface area contributed by atoms with E-state index in [1.807, 2.05) is 6.20 Å². The van der Waals surface area contributed by atoms with E-state index in [0.717, 1.165) is 13.0 Å². The normalized spacial score (nSPS) is 23.0. The Morgan fingerprint density at radius 1 is 1.39 bits per heavy atom. The average molecular weight is 250 g/mol. The predicted molar refractivity (Wildman–Crippen MR) is 73.6 cm³/mol. The summed E-state index contributed by atoms with van der Waals surface area (Å²) in [4.78, 5) is 0. The second-order valence-electron chi connectivity index (χ2n) is 6.54. The molecule has 1 aliphatic carbocycles. The summed E-state index contributed by atoms with van der Waals surface area (Å²) in [6.07, 6.45) is 2.96. The number of hydrazine groups is 1. The van der Waals surface area contributed by atoms with Crippen LogP contribution in [0.25, 0.3) is 0 Å². The van der Waals surface area contributed by atoms with Gasteiger partial charge in [0.25, 0.3) is 0 Å². The number of nitrogens with zero attached hydrogens (tertiary/aromatic N) is 2. The van der Waals surface area contributed by atoms with Crippen molar-refractivity contribution in [1.82, 2.24) is 15.2 Å². The number of nitrogens with one attached hydrogen (secondary N) is 1. The summed E-state index contributed by atoms with van der Waals surface area (Å²) in [6, 6.07) is 2.27. The Labute approximate surface area is 110 Å². The smallest absolute Gasteiger partial charge is 0.0667 e. The molecular weight excluding hydrogens is 224 g/mol. The SMILES string of the molecule is CCCn1nccc1C(NN)C1C(C)(C)C1(C)C. The number of nitrogens with two attached hydrogens (primary N) is 1. The third-order valence-electron chi connectivity index (χ3n) is 5.15. The minimum absolute atomic E-state index is 0.184. The molecule has 1 heterocycles. The molecule has 0 aromatic carbocycles. The van der Waals surface area contributed by atoms with Crippen LogP contribution in [0.2, 0.25) is 0 Å². The highest BCUT2D eigenvalue weighted by molar-refractivity contribution is 5.22. The van der Waals surface area contributed by atoms with Crippen molar-refractivity contribution in [3.8, 4) is 0 Å². The molecule has 0 saturated heterocycles. The zero-order valence-corrected chi connectivity index (χ0v) is 12.2. The van der Waals surface area contributed by atoms with Crippen LogP contribution in [0.1, 0.15) is 52.8 Å². The Morgan fingerprint density at radius 2 is 2.00 bits per heavy atom. The van der Waals surface area contributed by atoms with Crippen molar-refractivity contribution in [3.05, 3.63) is 18.0 Å². The summed E-state index contributed by atoms with van der Waals surface area (Å²) in [7, 11) is 0. The van der Waals surface area contributed by atoms with Gasteiger partial charge in [0.2, 0.25) is 0 Å². The van der Waals surface area contributed by atoms with Gasteiger partial charge in [-0.3, -0.25) is 16.0 Å². The van der Waals surface area contributed by atoms with Crippen molar-refractivity contribution < 1.29 is 0 Å². The van der Waals surface area contributed by atoms with Gasteiger partial charge in [-0.2, -0.15) is 5.10 Å². The topological polar surface area (TPSA) is 55.9 Å². The standard InChI is InChI=1S/C14H26N4/c1-6-9-18-10(7-8-16-18)11(17-15)12-13(2,3)14(12,4)5/h7-8,11-12,17H,6,9,15H2,1-5H3. The van der Waals surface area contributed by atoms with Gasteiger partial charge in [-0.25, -0.2) is 0 Å². The number of aryl methyl sites for hydroxylation is 1. The zero-order chi connectivity index (χ0) is 13.6. The first-order chi connectivity index (χ1) is 8.37. The van der Waals surface area contributed by atoms with Crippen LogP contribution in [0.5, 0.6) is 0 Å². The van der Waals surface area contributed by atoms with E-state index in [-0.39, 0.29) is 6.04 Å². The maximum Gasteiger partial charge on any atom is 0.0667 e. The Morgan fingerprint density at radius 3 is 2.44 bits per heavy atom. The second kappa shape index (κ2) is 4.35. The van der Waals surface area contributed by atoms with Crippen LogP contribution in [-0.2, 0) is 6.54 Å². The van der Waals surface area contributed by atoms with Gasteiger partial charge in [0.1, 0.15) is 0 Å². The van der Waals surface area contributed by atoms with Crippen molar-refractivity contribution in [2.24, 2.45) is 22.6 Å². The van der Waals surface area contributed by atoms with Crippen LogP contribution in [-0.4, -0.2) is 9.78 Å². The maximum absolute atomic E-state index is 5.82. The van der Waals surface area contributed by atoms with E-state index >= 15 is 0 Å². The van der Waals surface area contributed by atoms with Crippen molar-refractivity contribution >= 4 is 0 Å². The van der Waals surface area contributed by atoms with Gasteiger partial charge in [0.15, 0.2) is 0 Å². The largest absolute Gasteiger partial charge is 0.271 e. The van der Waals surface area contributed by atoms with E-state index in [2.05, 4.69) is 55.9 Å². The van der Waals surface area contributed by atoms with Gasteiger partial charge in [-0.15, -0.1) is 0 Å². The summed E-state index contributed by atoms with van der Waals surface area (Å²) in [5, 5.41) is 4.40. The zero-order valence-electron chi connectivity index (χ0n) is 12.2. The van der Waals surface area contributed by atoms with Crippen molar-refractivity contribution in [3.63, 3.8) is 0 Å². The number of rotatable bonds is 5. The predicted octanol–water partition coefficient (Wildman–Crippen LogP) is 2.48. The molecule has 4 heteroatoms. The Hall–Kier alpha value is -0.870. The number of hydrogen-bond acceptors (Lipinski definition) is 3. The summed E-state index contributed by atoms with van der Waals surface area (Å²) in [5.41, 5.74) is 4.85. The minimum atomic E-state index is 0.184. The molecule has 1 saturated carbocycles. The van der Waals surface area contributed by atoms with E-state index in [9.17, 15) is 0 Å². The van der Waals surface area contributed by atoms with Crippen LogP contribution in [0.4, 0.5) is 0 Å². The molecule has 18 heavy (non-hydrogen) atoms. The van der Waals surface area contributed by atoms with Crippen LogP contribution >= 0.6 is 0 Å². The fourth-order valence-corrected chi connectivity index (χ4v) is 3.44. The fraction of sp³-hybridized carbons (Fsp3) is 0.786. The molecular formula is C14H26N4. The molecule has 4 nitrogen and oxygen atoms in total. The molecule has 0 aliphatic heterocycles. The lowest BCUT2D eigenvalue weighted by atomic mass is 10.0. The monoisotopic (exact) mass is 250 g/mol. The number of hydrogen-bond donors (Lipinski definition) is 2. The lowest BCUT2D eigenvalue weighted by Crippen LogP contribution is -2.33. The van der Waals surface area contributed by atoms with Crippen LogP contribution < -0.4 is 11.3 Å². The van der Waals surface area contributed by atoms with Crippen molar-refractivity contribution in [2.75, 3.05) is 0 Å². The molecule has 1 aromatic heterocycles. The first-order valence-electron chi connectivity index (χ1n) is 6.85. The first kappa shape index (κ1) is 13.6. The summed E-state index contributed by atoms with van der Waals surface area (Å²) < 4.78 is 2.08. The van der Waals surface area contributed by atoms with Crippen molar-refractivity contribution in [2.45, 2.75) is 53.6 Å². The lowest BCUT2D eigenvalue weighted by Gasteiger charge is -2.19. The molecule has 1 aromatic rings. The van der Waals surface area contributed by atoms with Gasteiger partial charge in [-0.1, -0.05) is 34.6 Å². The molecule has 3 N–H and O–H groups in total. The van der Waals surface area contributed by atoms with Gasteiger partial charge in [-0.05, 0) is 29.2 Å². The van der Waals surface area contributed by atoms with Crippen LogP contribution in [0.15, 0.2) is 12.3 Å². The molecule has 1 aliphatic rings. The first-order valence-corrected chi connectivity index (χ1v) is 6.85. The van der Waals surface area contributed by atoms with E-state index in [1.54, 1.807) is 0 Å².